The zero-order valence-electron chi connectivity index (χ0n) is 31.2. The predicted molar refractivity (Wildman–Crippen MR) is 244 cm³/mol. The van der Waals surface area contributed by atoms with Gasteiger partial charge in [0.1, 0.15) is 5.52 Å². The summed E-state index contributed by atoms with van der Waals surface area (Å²) in [6, 6.07) is 71.5. The summed E-state index contributed by atoms with van der Waals surface area (Å²) in [6.07, 6.45) is 0. The molecule has 0 saturated heterocycles. The van der Waals surface area contributed by atoms with Gasteiger partial charge in [0, 0.05) is 59.0 Å². The number of anilines is 3. The Kier molecular flexibility index (Phi) is 7.37. The minimum atomic E-state index is 0.597. The number of benzene rings is 9. The molecule has 0 amide bonds. The number of aromatic nitrogens is 2. The van der Waals surface area contributed by atoms with Gasteiger partial charge in [-0.1, -0.05) is 127 Å². The highest BCUT2D eigenvalue weighted by molar-refractivity contribution is 7.25. The third kappa shape index (κ3) is 5.18. The Labute approximate surface area is 338 Å². The summed E-state index contributed by atoms with van der Waals surface area (Å²) in [5, 5.41) is 7.46. The summed E-state index contributed by atoms with van der Waals surface area (Å²) in [5.74, 6) is 0.597. The number of nitrogens with zero attached hydrogens (tertiary/aromatic N) is 3. The van der Waals surface area contributed by atoms with Gasteiger partial charge in [-0.3, -0.25) is 0 Å². The van der Waals surface area contributed by atoms with Gasteiger partial charge in [-0.2, -0.15) is 0 Å². The van der Waals surface area contributed by atoms with Crippen molar-refractivity contribution in [2.75, 3.05) is 4.90 Å². The van der Waals surface area contributed by atoms with Gasteiger partial charge in [-0.05, 0) is 89.3 Å². The summed E-state index contributed by atoms with van der Waals surface area (Å²) in [7, 11) is 0. The molecule has 12 rings (SSSR count). The second-order valence-electron chi connectivity index (χ2n) is 14.8. The minimum absolute atomic E-state index is 0.597. The van der Waals surface area contributed by atoms with Crippen molar-refractivity contribution in [1.29, 1.82) is 0 Å². The van der Waals surface area contributed by atoms with Crippen molar-refractivity contribution < 1.29 is 4.42 Å². The average Bonchev–Trinajstić information content (AvgIpc) is 3.99. The highest BCUT2D eigenvalue weighted by Crippen LogP contribution is 2.45. The van der Waals surface area contributed by atoms with Gasteiger partial charge in [0.25, 0.3) is 0 Å². The van der Waals surface area contributed by atoms with Gasteiger partial charge < -0.3 is 13.9 Å². The van der Waals surface area contributed by atoms with Gasteiger partial charge in [0.15, 0.2) is 5.58 Å². The third-order valence-electron chi connectivity index (χ3n) is 11.4. The highest BCUT2D eigenvalue weighted by atomic mass is 32.1. The van der Waals surface area contributed by atoms with E-state index in [-0.39, 0.29) is 0 Å². The van der Waals surface area contributed by atoms with E-state index in [4.69, 9.17) is 9.40 Å². The van der Waals surface area contributed by atoms with Crippen molar-refractivity contribution in [3.05, 3.63) is 200 Å². The van der Waals surface area contributed by atoms with Crippen molar-refractivity contribution in [3.63, 3.8) is 0 Å². The molecule has 0 fully saturated rings. The molecule has 3 heterocycles. The van der Waals surface area contributed by atoms with Crippen LogP contribution in [0.2, 0.25) is 0 Å². The zero-order valence-corrected chi connectivity index (χ0v) is 32.0. The summed E-state index contributed by atoms with van der Waals surface area (Å²) in [4.78, 5) is 7.32. The van der Waals surface area contributed by atoms with Gasteiger partial charge in [-0.25, -0.2) is 4.98 Å². The van der Waals surface area contributed by atoms with Gasteiger partial charge in [0.05, 0.1) is 16.7 Å². The molecule has 0 radical (unpaired) electrons. The fourth-order valence-corrected chi connectivity index (χ4v) is 9.87. The molecule has 12 aromatic rings. The Morgan fingerprint density at radius 3 is 2.05 bits per heavy atom. The molecule has 4 nitrogen and oxygen atoms in total. The van der Waals surface area contributed by atoms with Crippen LogP contribution in [0.4, 0.5) is 17.1 Å². The van der Waals surface area contributed by atoms with Crippen LogP contribution < -0.4 is 4.90 Å². The molecule has 58 heavy (non-hydrogen) atoms. The van der Waals surface area contributed by atoms with E-state index in [2.05, 4.69) is 173 Å². The molecular formula is C53H33N3OS. The molecule has 0 N–H and O–H groups in total. The number of oxazole rings is 1. The van der Waals surface area contributed by atoms with Crippen molar-refractivity contribution in [3.8, 4) is 28.3 Å². The number of para-hydroxylation sites is 2. The maximum Gasteiger partial charge on any atom is 0.227 e. The zero-order chi connectivity index (χ0) is 38.2. The Hall–Kier alpha value is -7.47. The Morgan fingerprint density at radius 1 is 0.466 bits per heavy atom. The largest absolute Gasteiger partial charge is 0.434 e. The molecule has 0 aliphatic heterocycles. The Bertz CT molecular complexity index is 3530. The van der Waals surface area contributed by atoms with E-state index >= 15 is 0 Å². The minimum Gasteiger partial charge on any atom is -0.434 e. The second-order valence-corrected chi connectivity index (χ2v) is 15.8. The fourth-order valence-electron chi connectivity index (χ4n) is 8.72. The quantitative estimate of drug-likeness (QED) is 0.169. The fraction of sp³-hybridized carbons (Fsp3) is 0. The summed E-state index contributed by atoms with van der Waals surface area (Å²) in [6.45, 7) is 0. The molecule has 5 heteroatoms. The SMILES string of the molecule is c1ccc(-c2nc3cccc(N(c4cccc(-c5ccc6c(c5)sc5ccccc56)c4)c4ccc5c6ccc7ccccc7c6n(-c6ccccc6)c5c4)c3o2)cc1. The Morgan fingerprint density at radius 2 is 1.16 bits per heavy atom. The number of hydrogen-bond donors (Lipinski definition) is 0. The van der Waals surface area contributed by atoms with Crippen LogP contribution in [0.5, 0.6) is 0 Å². The van der Waals surface area contributed by atoms with Crippen LogP contribution in [-0.4, -0.2) is 9.55 Å². The van der Waals surface area contributed by atoms with Crippen molar-refractivity contribution >= 4 is 92.2 Å². The molecule has 0 unspecified atom stereocenters. The number of thiophene rings is 1. The van der Waals surface area contributed by atoms with Crippen LogP contribution in [0.1, 0.15) is 0 Å². The maximum absolute atomic E-state index is 6.72. The van der Waals surface area contributed by atoms with Crippen LogP contribution >= 0.6 is 11.3 Å². The molecule has 3 aromatic heterocycles. The van der Waals surface area contributed by atoms with Crippen molar-refractivity contribution in [1.82, 2.24) is 9.55 Å². The van der Waals surface area contributed by atoms with E-state index in [1.54, 1.807) is 0 Å². The second kappa shape index (κ2) is 13.1. The first-order chi connectivity index (χ1) is 28.7. The molecule has 0 spiro atoms. The first-order valence-electron chi connectivity index (χ1n) is 19.5. The average molecular weight is 760 g/mol. The third-order valence-corrected chi connectivity index (χ3v) is 12.5. The smallest absolute Gasteiger partial charge is 0.227 e. The number of rotatable bonds is 6. The topological polar surface area (TPSA) is 34.2 Å². The molecule has 0 aliphatic carbocycles. The van der Waals surface area contributed by atoms with Crippen LogP contribution in [0.25, 0.3) is 92.1 Å². The van der Waals surface area contributed by atoms with E-state index in [0.29, 0.717) is 5.89 Å². The molecular weight excluding hydrogens is 727 g/mol. The molecule has 0 saturated carbocycles. The van der Waals surface area contributed by atoms with E-state index in [1.807, 2.05) is 47.7 Å². The lowest BCUT2D eigenvalue weighted by Gasteiger charge is -2.26. The molecule has 0 bridgehead atoms. The summed E-state index contributed by atoms with van der Waals surface area (Å²) < 4.78 is 11.7. The van der Waals surface area contributed by atoms with Crippen molar-refractivity contribution in [2.24, 2.45) is 0 Å². The summed E-state index contributed by atoms with van der Waals surface area (Å²) in [5.41, 5.74) is 11.2. The Balaban J connectivity index is 1.10. The van der Waals surface area contributed by atoms with Crippen LogP contribution in [0, 0.1) is 0 Å². The van der Waals surface area contributed by atoms with Crippen molar-refractivity contribution in [2.45, 2.75) is 0 Å². The van der Waals surface area contributed by atoms with Crippen LogP contribution in [0.15, 0.2) is 205 Å². The standard InChI is InChI=1S/C53H33N3OS/c1-3-14-35(15-4-1)53-54-46-22-12-23-47(52(46)57-53)55(39-19-11-16-36(31-39)37-26-28-44-43-21-9-10-24-49(43)58-50(44)32-37)40-27-30-42-45-29-25-34-13-7-8-20-41(34)51(45)56(48(42)33-40)38-17-5-2-6-18-38/h1-33H. The maximum atomic E-state index is 6.72. The van der Waals surface area contributed by atoms with Gasteiger partial charge >= 0.3 is 0 Å². The molecule has 9 aromatic carbocycles. The van der Waals surface area contributed by atoms with E-state index in [1.165, 1.54) is 52.8 Å². The lowest BCUT2D eigenvalue weighted by Crippen LogP contribution is -2.10. The van der Waals surface area contributed by atoms with E-state index in [9.17, 15) is 0 Å². The van der Waals surface area contributed by atoms with E-state index in [0.717, 1.165) is 50.5 Å². The van der Waals surface area contributed by atoms with Gasteiger partial charge in [-0.15, -0.1) is 11.3 Å². The first kappa shape index (κ1) is 32.7. The highest BCUT2D eigenvalue weighted by Gasteiger charge is 2.23. The molecule has 272 valence electrons. The first-order valence-corrected chi connectivity index (χ1v) is 20.4. The normalized spacial score (nSPS) is 11.8. The van der Waals surface area contributed by atoms with Crippen LogP contribution in [0.3, 0.4) is 0 Å². The van der Waals surface area contributed by atoms with Gasteiger partial charge in [0.2, 0.25) is 5.89 Å². The lowest BCUT2D eigenvalue weighted by molar-refractivity contribution is 0.620. The predicted octanol–water partition coefficient (Wildman–Crippen LogP) is 15.2. The number of fused-ring (bicyclic) bond motifs is 9. The monoisotopic (exact) mass is 759 g/mol. The molecule has 0 atom stereocenters. The summed E-state index contributed by atoms with van der Waals surface area (Å²) >= 11 is 1.85. The molecule has 0 aliphatic rings. The number of hydrogen-bond acceptors (Lipinski definition) is 4. The lowest BCUT2D eigenvalue weighted by atomic mass is 10.0. The van der Waals surface area contributed by atoms with E-state index < -0.39 is 0 Å². The van der Waals surface area contributed by atoms with Crippen LogP contribution in [-0.2, 0) is 0 Å².